The summed E-state index contributed by atoms with van der Waals surface area (Å²) in [5.74, 6) is 0. The van der Waals surface area contributed by atoms with Gasteiger partial charge in [-0.25, -0.2) is 0 Å². The monoisotopic (exact) mass is 368 g/mol. The van der Waals surface area contributed by atoms with E-state index >= 15 is 0 Å². The maximum atomic E-state index is 12.9. The van der Waals surface area contributed by atoms with Crippen molar-refractivity contribution in [2.75, 3.05) is 0 Å². The third-order valence-corrected chi connectivity index (χ3v) is 3.51. The molecule has 0 atom stereocenters. The maximum Gasteiger partial charge on any atom is 0.417 e. The molecule has 0 saturated carbocycles. The Hall–Kier alpha value is -1.50. The zero-order valence-corrected chi connectivity index (χ0v) is 11.8. The van der Waals surface area contributed by atoms with E-state index in [0.717, 1.165) is 6.07 Å². The van der Waals surface area contributed by atoms with E-state index in [-0.39, 0.29) is 5.56 Å². The van der Waals surface area contributed by atoms with Crippen molar-refractivity contribution in [2.45, 2.75) is 12.4 Å². The van der Waals surface area contributed by atoms with Gasteiger partial charge in [0.05, 0.1) is 11.1 Å². The van der Waals surface area contributed by atoms with E-state index in [4.69, 9.17) is 0 Å². The molecule has 2 aromatic rings. The minimum atomic E-state index is -5.08. The molecule has 0 aliphatic carbocycles. The van der Waals surface area contributed by atoms with Crippen LogP contribution in [0.4, 0.5) is 26.3 Å². The quantitative estimate of drug-likeness (QED) is 0.529. The predicted molar refractivity (Wildman–Crippen MR) is 69.6 cm³/mol. The molecule has 112 valence electrons. The van der Waals surface area contributed by atoms with Gasteiger partial charge in [0.25, 0.3) is 0 Å². The first-order valence-corrected chi connectivity index (χ1v) is 6.43. The van der Waals surface area contributed by atoms with Gasteiger partial charge in [-0.15, -0.1) is 0 Å². The molecule has 0 aromatic heterocycles. The highest BCUT2D eigenvalue weighted by atomic mass is 79.9. The molecule has 0 fully saturated rings. The van der Waals surface area contributed by atoms with Crippen LogP contribution >= 0.6 is 15.9 Å². The molecular weight excluding hydrogens is 362 g/mol. The lowest BCUT2D eigenvalue weighted by Gasteiger charge is -2.17. The van der Waals surface area contributed by atoms with Crippen LogP contribution in [-0.2, 0) is 12.4 Å². The van der Waals surface area contributed by atoms with Crippen LogP contribution in [-0.4, -0.2) is 0 Å². The fraction of sp³-hybridized carbons (Fsp3) is 0.143. The topological polar surface area (TPSA) is 0 Å². The summed E-state index contributed by atoms with van der Waals surface area (Å²) in [5, 5.41) is 0. The maximum absolute atomic E-state index is 12.9. The molecule has 0 saturated heterocycles. The first-order valence-electron chi connectivity index (χ1n) is 5.64. The van der Waals surface area contributed by atoms with Crippen molar-refractivity contribution in [2.24, 2.45) is 0 Å². The van der Waals surface area contributed by atoms with E-state index in [0.29, 0.717) is 22.2 Å². The molecule has 0 spiro atoms. The molecule has 2 rings (SSSR count). The standard InChI is InChI=1S/C14H7BrF6/c15-12-4-2-1-3-9(12)8-5-6-10(13(16,17)18)11(7-8)14(19,20)21/h1-7H. The van der Waals surface area contributed by atoms with Gasteiger partial charge in [-0.2, -0.15) is 26.3 Å². The van der Waals surface area contributed by atoms with Gasteiger partial charge in [0.15, 0.2) is 0 Å². The second-order valence-electron chi connectivity index (χ2n) is 4.24. The molecule has 0 aliphatic rings. The zero-order chi connectivity index (χ0) is 15.8. The van der Waals surface area contributed by atoms with Crippen LogP contribution in [0.3, 0.4) is 0 Å². The highest BCUT2D eigenvalue weighted by Crippen LogP contribution is 2.42. The third kappa shape index (κ3) is 3.40. The predicted octanol–water partition coefficient (Wildman–Crippen LogP) is 6.15. The van der Waals surface area contributed by atoms with E-state index in [1.165, 1.54) is 6.07 Å². The Morgan fingerprint density at radius 1 is 0.714 bits per heavy atom. The Morgan fingerprint density at radius 2 is 1.29 bits per heavy atom. The summed E-state index contributed by atoms with van der Waals surface area (Å²) >= 11 is 3.16. The Labute approximate surface area is 124 Å². The van der Waals surface area contributed by atoms with Gasteiger partial charge in [-0.1, -0.05) is 40.2 Å². The largest absolute Gasteiger partial charge is 0.417 e. The summed E-state index contributed by atoms with van der Waals surface area (Å²) in [7, 11) is 0. The number of benzene rings is 2. The van der Waals surface area contributed by atoms with Gasteiger partial charge in [-0.05, 0) is 29.3 Å². The van der Waals surface area contributed by atoms with Crippen molar-refractivity contribution in [1.82, 2.24) is 0 Å². The number of alkyl halides is 6. The average Bonchev–Trinajstić information content (AvgIpc) is 2.36. The van der Waals surface area contributed by atoms with Crippen LogP contribution in [0.25, 0.3) is 11.1 Å². The summed E-state index contributed by atoms with van der Waals surface area (Å²) in [6, 6.07) is 8.36. The highest BCUT2D eigenvalue weighted by Gasteiger charge is 2.43. The van der Waals surface area contributed by atoms with E-state index in [1.807, 2.05) is 0 Å². The molecule has 0 bridgehead atoms. The van der Waals surface area contributed by atoms with Crippen molar-refractivity contribution in [3.05, 3.63) is 58.1 Å². The summed E-state index contributed by atoms with van der Waals surface area (Å²) in [4.78, 5) is 0. The molecule has 0 nitrogen and oxygen atoms in total. The normalized spacial score (nSPS) is 12.5. The highest BCUT2D eigenvalue weighted by molar-refractivity contribution is 9.10. The van der Waals surface area contributed by atoms with Crippen LogP contribution in [0.5, 0.6) is 0 Å². The lowest BCUT2D eigenvalue weighted by Crippen LogP contribution is -2.16. The van der Waals surface area contributed by atoms with Gasteiger partial charge in [0, 0.05) is 4.47 Å². The summed E-state index contributed by atoms with van der Waals surface area (Å²) in [6.07, 6.45) is -10.1. The zero-order valence-electron chi connectivity index (χ0n) is 10.2. The van der Waals surface area contributed by atoms with E-state index in [1.54, 1.807) is 18.2 Å². The molecule has 0 N–H and O–H groups in total. The number of hydrogen-bond donors (Lipinski definition) is 0. The molecule has 21 heavy (non-hydrogen) atoms. The van der Waals surface area contributed by atoms with Crippen molar-refractivity contribution in [3.63, 3.8) is 0 Å². The number of hydrogen-bond acceptors (Lipinski definition) is 0. The smallest absolute Gasteiger partial charge is 0.166 e. The number of rotatable bonds is 1. The second-order valence-corrected chi connectivity index (χ2v) is 5.09. The Morgan fingerprint density at radius 3 is 1.81 bits per heavy atom. The van der Waals surface area contributed by atoms with Crippen LogP contribution in [0.1, 0.15) is 11.1 Å². The summed E-state index contributed by atoms with van der Waals surface area (Å²) < 4.78 is 77.1. The molecule has 0 heterocycles. The third-order valence-electron chi connectivity index (χ3n) is 2.82. The lowest BCUT2D eigenvalue weighted by molar-refractivity contribution is -0.162. The Kier molecular flexibility index (Phi) is 4.06. The lowest BCUT2D eigenvalue weighted by atomic mass is 9.98. The first kappa shape index (κ1) is 15.9. The minimum absolute atomic E-state index is 0.0581. The Balaban J connectivity index is 2.66. The number of halogens is 7. The van der Waals surface area contributed by atoms with Crippen molar-refractivity contribution >= 4 is 15.9 Å². The van der Waals surface area contributed by atoms with E-state index in [9.17, 15) is 26.3 Å². The molecular formula is C14H7BrF6. The van der Waals surface area contributed by atoms with Crippen LogP contribution in [0, 0.1) is 0 Å². The molecule has 7 heteroatoms. The van der Waals surface area contributed by atoms with Crippen LogP contribution in [0.2, 0.25) is 0 Å². The van der Waals surface area contributed by atoms with Crippen molar-refractivity contribution in [1.29, 1.82) is 0 Å². The molecule has 0 aliphatic heterocycles. The summed E-state index contributed by atoms with van der Waals surface area (Å²) in [6.45, 7) is 0. The molecule has 0 unspecified atom stereocenters. The average molecular weight is 369 g/mol. The first-order chi connectivity index (χ1) is 9.60. The van der Waals surface area contributed by atoms with Gasteiger partial charge in [-0.3, -0.25) is 0 Å². The van der Waals surface area contributed by atoms with E-state index < -0.39 is 23.5 Å². The molecule has 2 aromatic carbocycles. The van der Waals surface area contributed by atoms with Crippen molar-refractivity contribution < 1.29 is 26.3 Å². The second kappa shape index (κ2) is 5.36. The van der Waals surface area contributed by atoms with Crippen LogP contribution in [0.15, 0.2) is 46.9 Å². The minimum Gasteiger partial charge on any atom is -0.166 e. The fourth-order valence-electron chi connectivity index (χ4n) is 1.89. The van der Waals surface area contributed by atoms with Gasteiger partial charge in [0.1, 0.15) is 0 Å². The fourth-order valence-corrected chi connectivity index (χ4v) is 2.40. The molecule has 0 amide bonds. The van der Waals surface area contributed by atoms with Crippen molar-refractivity contribution in [3.8, 4) is 11.1 Å². The SMILES string of the molecule is FC(F)(F)c1ccc(-c2ccccc2Br)cc1C(F)(F)F. The summed E-state index contributed by atoms with van der Waals surface area (Å²) in [5.41, 5.74) is -2.94. The van der Waals surface area contributed by atoms with Gasteiger partial charge >= 0.3 is 12.4 Å². The van der Waals surface area contributed by atoms with Gasteiger partial charge < -0.3 is 0 Å². The molecule has 0 radical (unpaired) electrons. The van der Waals surface area contributed by atoms with Crippen LogP contribution < -0.4 is 0 Å². The van der Waals surface area contributed by atoms with E-state index in [2.05, 4.69) is 15.9 Å². The Bertz CT molecular complexity index is 657. The van der Waals surface area contributed by atoms with Gasteiger partial charge in [0.2, 0.25) is 0 Å².